The molecule has 1 saturated heterocycles. The van der Waals surface area contributed by atoms with Crippen molar-refractivity contribution in [1.29, 1.82) is 0 Å². The summed E-state index contributed by atoms with van der Waals surface area (Å²) in [5, 5.41) is 9.76. The van der Waals surface area contributed by atoms with Gasteiger partial charge in [-0.05, 0) is 61.1 Å². The van der Waals surface area contributed by atoms with Crippen molar-refractivity contribution < 1.29 is 14.6 Å². The maximum Gasteiger partial charge on any atom is 0.306 e. The molecule has 1 unspecified atom stereocenters. The van der Waals surface area contributed by atoms with Gasteiger partial charge in [-0.15, -0.1) is 0 Å². The third-order valence-electron chi connectivity index (χ3n) is 5.67. The number of fused-ring (bicyclic) bond motifs is 1. The van der Waals surface area contributed by atoms with Gasteiger partial charge in [-0.3, -0.25) is 4.79 Å². The fourth-order valence-corrected chi connectivity index (χ4v) is 4.43. The monoisotopic (exact) mass is 286 g/mol. The van der Waals surface area contributed by atoms with Crippen molar-refractivity contribution >= 4 is 5.97 Å². The largest absolute Gasteiger partial charge is 0.465 e. The Hall–Kier alpha value is -1.35. The molecule has 1 aliphatic heterocycles. The van der Waals surface area contributed by atoms with E-state index in [9.17, 15) is 9.90 Å². The van der Waals surface area contributed by atoms with E-state index in [-0.39, 0.29) is 17.5 Å². The van der Waals surface area contributed by atoms with Gasteiger partial charge in [-0.1, -0.05) is 18.2 Å². The minimum absolute atomic E-state index is 0.0184. The molecule has 112 valence electrons. The van der Waals surface area contributed by atoms with Crippen LogP contribution in [-0.2, 0) is 22.4 Å². The summed E-state index contributed by atoms with van der Waals surface area (Å²) in [6, 6.07) is 6.79. The Morgan fingerprint density at radius 3 is 2.95 bits per heavy atom. The van der Waals surface area contributed by atoms with Crippen molar-refractivity contribution in [1.82, 2.24) is 0 Å². The van der Waals surface area contributed by atoms with E-state index >= 15 is 0 Å². The van der Waals surface area contributed by atoms with E-state index in [4.69, 9.17) is 4.74 Å². The molecule has 0 amide bonds. The smallest absolute Gasteiger partial charge is 0.306 e. The van der Waals surface area contributed by atoms with Crippen molar-refractivity contribution in [2.45, 2.75) is 57.0 Å². The van der Waals surface area contributed by atoms with E-state index in [1.165, 1.54) is 16.7 Å². The number of aliphatic hydroxyl groups excluding tert-OH is 1. The minimum Gasteiger partial charge on any atom is -0.465 e. The summed E-state index contributed by atoms with van der Waals surface area (Å²) in [6.07, 6.45) is 6.47. The highest BCUT2D eigenvalue weighted by Crippen LogP contribution is 2.51. The number of carbonyl (C=O) groups is 1. The van der Waals surface area contributed by atoms with Gasteiger partial charge >= 0.3 is 5.97 Å². The molecule has 1 saturated carbocycles. The lowest BCUT2D eigenvalue weighted by Crippen LogP contribution is -2.19. The van der Waals surface area contributed by atoms with E-state index in [0.29, 0.717) is 18.9 Å². The Morgan fingerprint density at radius 1 is 1.24 bits per heavy atom. The highest BCUT2D eigenvalue weighted by atomic mass is 16.5. The Bertz CT molecular complexity index is 580. The fraction of sp³-hybridized carbons (Fsp3) is 0.611. The van der Waals surface area contributed by atoms with Gasteiger partial charge in [0, 0.05) is 5.41 Å². The summed E-state index contributed by atoms with van der Waals surface area (Å²) >= 11 is 0. The molecule has 1 aromatic carbocycles. The second-order valence-electron chi connectivity index (χ2n) is 7.20. The van der Waals surface area contributed by atoms with Crippen LogP contribution in [0.25, 0.3) is 0 Å². The first-order valence-electron chi connectivity index (χ1n) is 8.09. The molecule has 2 fully saturated rings. The summed E-state index contributed by atoms with van der Waals surface area (Å²) < 4.78 is 5.21. The zero-order valence-corrected chi connectivity index (χ0v) is 12.3. The highest BCUT2D eigenvalue weighted by molar-refractivity contribution is 5.72. The molecule has 4 rings (SSSR count). The molecule has 3 heteroatoms. The number of esters is 1. The molecule has 1 aromatic rings. The third-order valence-corrected chi connectivity index (χ3v) is 5.67. The number of benzene rings is 1. The van der Waals surface area contributed by atoms with E-state index in [1.54, 1.807) is 0 Å². The number of hydrogen-bond donors (Lipinski definition) is 1. The fourth-order valence-electron chi connectivity index (χ4n) is 4.43. The van der Waals surface area contributed by atoms with Crippen LogP contribution in [0.1, 0.15) is 54.7 Å². The lowest BCUT2D eigenvalue weighted by Gasteiger charge is -2.23. The van der Waals surface area contributed by atoms with Gasteiger partial charge < -0.3 is 9.84 Å². The van der Waals surface area contributed by atoms with E-state index in [1.807, 2.05) is 0 Å². The molecule has 3 aliphatic rings. The first kappa shape index (κ1) is 13.3. The topological polar surface area (TPSA) is 46.5 Å². The van der Waals surface area contributed by atoms with Gasteiger partial charge in [-0.25, -0.2) is 0 Å². The number of ether oxygens (including phenoxy) is 1. The summed E-state index contributed by atoms with van der Waals surface area (Å²) in [5.74, 6) is 0.548. The van der Waals surface area contributed by atoms with Gasteiger partial charge in [0.25, 0.3) is 0 Å². The maximum atomic E-state index is 11.4. The zero-order valence-electron chi connectivity index (χ0n) is 12.3. The number of aryl methyl sites for hydroxylation is 1. The van der Waals surface area contributed by atoms with Crippen LogP contribution < -0.4 is 0 Å². The average molecular weight is 286 g/mol. The highest BCUT2D eigenvalue weighted by Gasteiger charge is 2.46. The minimum atomic E-state index is -0.167. The molecule has 1 spiro atoms. The Morgan fingerprint density at radius 2 is 2.14 bits per heavy atom. The molecule has 1 heterocycles. The van der Waals surface area contributed by atoms with Crippen molar-refractivity contribution in [2.75, 3.05) is 6.61 Å². The van der Waals surface area contributed by atoms with Crippen LogP contribution in [-0.4, -0.2) is 23.8 Å². The van der Waals surface area contributed by atoms with Crippen molar-refractivity contribution in [3.8, 4) is 0 Å². The van der Waals surface area contributed by atoms with Crippen molar-refractivity contribution in [3.05, 3.63) is 34.9 Å². The quantitative estimate of drug-likeness (QED) is 0.807. The molecular weight excluding hydrogens is 264 g/mol. The van der Waals surface area contributed by atoms with Gasteiger partial charge in [0.2, 0.25) is 0 Å². The summed E-state index contributed by atoms with van der Waals surface area (Å²) in [6.45, 7) is 0.624. The van der Waals surface area contributed by atoms with E-state index < -0.39 is 0 Å². The number of hydrogen-bond acceptors (Lipinski definition) is 3. The molecule has 0 radical (unpaired) electrons. The second-order valence-corrected chi connectivity index (χ2v) is 7.20. The number of cyclic esters (lactones) is 1. The van der Waals surface area contributed by atoms with Gasteiger partial charge in [0.05, 0.1) is 19.1 Å². The van der Waals surface area contributed by atoms with E-state index in [0.717, 1.165) is 38.5 Å². The molecule has 21 heavy (non-hydrogen) atoms. The normalized spacial score (nSPS) is 35.0. The zero-order chi connectivity index (χ0) is 14.4. The molecule has 2 aliphatic carbocycles. The molecule has 3 nitrogen and oxygen atoms in total. The Kier molecular flexibility index (Phi) is 3.07. The third kappa shape index (κ3) is 2.38. The van der Waals surface area contributed by atoms with Crippen LogP contribution in [0.2, 0.25) is 0 Å². The summed E-state index contributed by atoms with van der Waals surface area (Å²) in [5.41, 5.74) is 4.26. The van der Waals surface area contributed by atoms with Gasteiger partial charge in [0.15, 0.2) is 0 Å². The maximum absolute atomic E-state index is 11.4. The Balaban J connectivity index is 1.54. The summed E-state index contributed by atoms with van der Waals surface area (Å²) in [7, 11) is 0. The SMILES string of the molecule is O=C1C[C@@]2(CC[C@H](c3ccc4c(c3)CCC(O)C4)C2)CO1. The van der Waals surface area contributed by atoms with Crippen LogP contribution in [0.4, 0.5) is 0 Å². The number of carbonyl (C=O) groups excluding carboxylic acids is 1. The Labute approximate surface area is 125 Å². The molecular formula is C18H22O3. The number of rotatable bonds is 1. The van der Waals surface area contributed by atoms with Crippen molar-refractivity contribution in [3.63, 3.8) is 0 Å². The lowest BCUT2D eigenvalue weighted by atomic mass is 9.82. The standard InChI is InChI=1S/C18H22O3/c19-16-4-3-12-7-13(1-2-14(12)8-16)15-5-6-18(9-15)10-17(20)21-11-18/h1-2,7,15-16,19H,3-6,8-11H2/t15-,16?,18-/m0/s1. The second kappa shape index (κ2) is 4.84. The lowest BCUT2D eigenvalue weighted by molar-refractivity contribution is -0.137. The van der Waals surface area contributed by atoms with Crippen LogP contribution in [0.5, 0.6) is 0 Å². The van der Waals surface area contributed by atoms with Crippen molar-refractivity contribution in [2.24, 2.45) is 5.41 Å². The van der Waals surface area contributed by atoms with E-state index in [2.05, 4.69) is 18.2 Å². The summed E-state index contributed by atoms with van der Waals surface area (Å²) in [4.78, 5) is 11.4. The van der Waals surface area contributed by atoms with Crippen LogP contribution in [0.3, 0.4) is 0 Å². The molecule has 1 N–H and O–H groups in total. The van der Waals surface area contributed by atoms with Gasteiger partial charge in [0.1, 0.15) is 0 Å². The molecule has 0 bridgehead atoms. The molecule has 3 atom stereocenters. The van der Waals surface area contributed by atoms with Crippen LogP contribution >= 0.6 is 0 Å². The average Bonchev–Trinajstić information content (AvgIpc) is 3.05. The van der Waals surface area contributed by atoms with Gasteiger partial charge in [-0.2, -0.15) is 0 Å². The number of aliphatic hydroxyl groups is 1. The predicted molar refractivity (Wildman–Crippen MR) is 79.1 cm³/mol. The van der Waals surface area contributed by atoms with Crippen LogP contribution in [0, 0.1) is 5.41 Å². The van der Waals surface area contributed by atoms with Crippen LogP contribution in [0.15, 0.2) is 18.2 Å². The predicted octanol–water partition coefficient (Wildman–Crippen LogP) is 2.74. The first-order chi connectivity index (χ1) is 10.1. The molecule has 0 aromatic heterocycles. The first-order valence-corrected chi connectivity index (χ1v) is 8.09.